The van der Waals surface area contributed by atoms with E-state index >= 15 is 0 Å². The Morgan fingerprint density at radius 3 is 3.00 bits per heavy atom. The smallest absolute Gasteiger partial charge is 0.236 e. The van der Waals surface area contributed by atoms with Crippen LogP contribution in [0.25, 0.3) is 10.8 Å². The molecule has 5 heteroatoms. The minimum absolute atomic E-state index is 0.748. The Morgan fingerprint density at radius 2 is 2.29 bits per heavy atom. The number of nitrogens with one attached hydrogen (secondary N) is 1. The van der Waals surface area contributed by atoms with Crippen molar-refractivity contribution in [1.29, 1.82) is 0 Å². The van der Waals surface area contributed by atoms with Gasteiger partial charge in [0.2, 0.25) is 5.89 Å². The molecule has 0 aromatic carbocycles. The van der Waals surface area contributed by atoms with E-state index < -0.39 is 0 Å². The lowest BCUT2D eigenvalue weighted by atomic mass is 9.97. The third-order valence-electron chi connectivity index (χ3n) is 4.09. The van der Waals surface area contributed by atoms with Crippen LogP contribution in [0.15, 0.2) is 28.2 Å². The molecule has 0 aliphatic carbocycles. The fourth-order valence-corrected chi connectivity index (χ4v) is 3.51. The van der Waals surface area contributed by atoms with Gasteiger partial charge in [-0.25, -0.2) is 4.98 Å². The average molecular weight is 305 g/mol. The Morgan fingerprint density at radius 1 is 1.43 bits per heavy atom. The summed E-state index contributed by atoms with van der Waals surface area (Å²) in [6.07, 6.45) is 4.38. The molecule has 1 aliphatic rings. The molecule has 1 aliphatic heterocycles. The lowest BCUT2D eigenvalue weighted by Gasteiger charge is -2.28. The molecular weight excluding hydrogens is 282 g/mol. The fourth-order valence-electron chi connectivity index (χ4n) is 2.86. The predicted molar refractivity (Wildman–Crippen MR) is 86.4 cm³/mol. The molecule has 2 aromatic rings. The second-order valence-corrected chi connectivity index (χ2v) is 6.59. The van der Waals surface area contributed by atoms with Crippen molar-refractivity contribution in [3.63, 3.8) is 0 Å². The van der Waals surface area contributed by atoms with Gasteiger partial charge in [0.1, 0.15) is 6.26 Å². The van der Waals surface area contributed by atoms with Gasteiger partial charge in [0.05, 0.1) is 10.6 Å². The van der Waals surface area contributed by atoms with Gasteiger partial charge in [-0.15, -0.1) is 11.3 Å². The largest absolute Gasteiger partial charge is 0.444 e. The highest BCUT2D eigenvalue weighted by Gasteiger charge is 2.17. The predicted octanol–water partition coefficient (Wildman–Crippen LogP) is 3.22. The molecule has 0 saturated carbocycles. The number of nitrogens with zero attached hydrogens (tertiary/aromatic N) is 2. The van der Waals surface area contributed by atoms with E-state index in [4.69, 9.17) is 4.42 Å². The van der Waals surface area contributed by atoms with E-state index in [1.807, 2.05) is 12.1 Å². The first-order valence-electron chi connectivity index (χ1n) is 7.76. The summed E-state index contributed by atoms with van der Waals surface area (Å²) < 4.78 is 5.61. The zero-order valence-corrected chi connectivity index (χ0v) is 13.4. The zero-order valence-electron chi connectivity index (χ0n) is 12.5. The minimum atomic E-state index is 0.748. The first kappa shape index (κ1) is 14.8. The molecule has 114 valence electrons. The summed E-state index contributed by atoms with van der Waals surface area (Å²) in [4.78, 5) is 8.20. The summed E-state index contributed by atoms with van der Waals surface area (Å²) in [6.45, 7) is 7.66. The lowest BCUT2D eigenvalue weighted by Crippen LogP contribution is -2.35. The molecule has 1 N–H and O–H groups in total. The summed E-state index contributed by atoms with van der Waals surface area (Å²) in [5.41, 5.74) is 1.04. The van der Waals surface area contributed by atoms with Crippen molar-refractivity contribution in [3.05, 3.63) is 29.5 Å². The summed E-state index contributed by atoms with van der Waals surface area (Å²) in [6, 6.07) is 4.08. The second kappa shape index (κ2) is 7.20. The van der Waals surface area contributed by atoms with E-state index in [1.165, 1.54) is 19.4 Å². The number of thiophene rings is 1. The van der Waals surface area contributed by atoms with E-state index in [-0.39, 0.29) is 0 Å². The minimum Gasteiger partial charge on any atom is -0.444 e. The van der Waals surface area contributed by atoms with E-state index in [0.29, 0.717) is 0 Å². The summed E-state index contributed by atoms with van der Waals surface area (Å²) in [5.74, 6) is 1.56. The number of piperidine rings is 1. The molecule has 3 rings (SSSR count). The zero-order chi connectivity index (χ0) is 14.5. The Balaban J connectivity index is 1.58. The first-order valence-corrected chi connectivity index (χ1v) is 8.64. The van der Waals surface area contributed by atoms with Gasteiger partial charge >= 0.3 is 0 Å². The van der Waals surface area contributed by atoms with Crippen molar-refractivity contribution < 1.29 is 4.42 Å². The molecule has 0 atom stereocenters. The molecule has 21 heavy (non-hydrogen) atoms. The number of oxazole rings is 1. The third-order valence-corrected chi connectivity index (χ3v) is 4.95. The van der Waals surface area contributed by atoms with Crippen molar-refractivity contribution >= 4 is 11.3 Å². The highest BCUT2D eigenvalue weighted by Crippen LogP contribution is 2.24. The lowest BCUT2D eigenvalue weighted by molar-refractivity contribution is 0.205. The van der Waals surface area contributed by atoms with Gasteiger partial charge in [-0.05, 0) is 49.8 Å². The molecule has 0 unspecified atom stereocenters. The maximum absolute atomic E-state index is 5.61. The quantitative estimate of drug-likeness (QED) is 0.889. The molecule has 0 radical (unpaired) electrons. The third kappa shape index (κ3) is 3.93. The van der Waals surface area contributed by atoms with Crippen molar-refractivity contribution in [1.82, 2.24) is 15.2 Å². The van der Waals surface area contributed by atoms with Crippen LogP contribution in [0.2, 0.25) is 0 Å². The molecule has 3 heterocycles. The van der Waals surface area contributed by atoms with E-state index in [1.54, 1.807) is 17.6 Å². The van der Waals surface area contributed by atoms with Crippen LogP contribution in [0.1, 0.15) is 25.5 Å². The highest BCUT2D eigenvalue weighted by molar-refractivity contribution is 7.13. The Bertz CT molecular complexity index is 531. The van der Waals surface area contributed by atoms with Gasteiger partial charge in [0, 0.05) is 13.1 Å². The summed E-state index contributed by atoms with van der Waals surface area (Å²) in [5, 5.41) is 5.48. The van der Waals surface area contributed by atoms with Crippen molar-refractivity contribution in [2.45, 2.75) is 26.3 Å². The molecule has 2 aromatic heterocycles. The summed E-state index contributed by atoms with van der Waals surface area (Å²) >= 11 is 1.67. The number of hydrogen-bond donors (Lipinski definition) is 1. The Labute approximate surface area is 130 Å². The van der Waals surface area contributed by atoms with Crippen LogP contribution in [-0.4, -0.2) is 36.1 Å². The summed E-state index contributed by atoms with van der Waals surface area (Å²) in [7, 11) is 0. The van der Waals surface area contributed by atoms with Gasteiger partial charge in [-0.2, -0.15) is 0 Å². The highest BCUT2D eigenvalue weighted by atomic mass is 32.1. The Kier molecular flexibility index (Phi) is 5.06. The van der Waals surface area contributed by atoms with Gasteiger partial charge < -0.3 is 9.73 Å². The van der Waals surface area contributed by atoms with E-state index in [2.05, 4.69) is 27.5 Å². The topological polar surface area (TPSA) is 41.3 Å². The van der Waals surface area contributed by atoms with Crippen LogP contribution in [0.4, 0.5) is 0 Å². The van der Waals surface area contributed by atoms with Gasteiger partial charge in [0.25, 0.3) is 0 Å². The van der Waals surface area contributed by atoms with Crippen LogP contribution in [0, 0.1) is 5.92 Å². The Hall–Kier alpha value is -1.17. The maximum atomic E-state index is 5.61. The van der Waals surface area contributed by atoms with Crippen LogP contribution >= 0.6 is 11.3 Å². The SMILES string of the molecule is CCN(Cc1coc(-c2cccs2)n1)CC1CCNCC1. The monoisotopic (exact) mass is 305 g/mol. The fraction of sp³-hybridized carbons (Fsp3) is 0.562. The van der Waals surface area contributed by atoms with Crippen LogP contribution < -0.4 is 5.32 Å². The average Bonchev–Trinajstić information content (AvgIpc) is 3.18. The van der Waals surface area contributed by atoms with E-state index in [0.717, 1.165) is 48.6 Å². The molecule has 1 saturated heterocycles. The van der Waals surface area contributed by atoms with Crippen molar-refractivity contribution in [3.8, 4) is 10.8 Å². The number of rotatable bonds is 6. The molecular formula is C16H23N3OS. The van der Waals surface area contributed by atoms with Gasteiger partial charge in [-0.1, -0.05) is 13.0 Å². The maximum Gasteiger partial charge on any atom is 0.236 e. The molecule has 1 fully saturated rings. The van der Waals surface area contributed by atoms with Crippen molar-refractivity contribution in [2.75, 3.05) is 26.2 Å². The van der Waals surface area contributed by atoms with Gasteiger partial charge in [0.15, 0.2) is 0 Å². The standard InChI is InChI=1S/C16H23N3OS/c1-2-19(10-13-5-7-17-8-6-13)11-14-12-20-16(18-14)15-4-3-9-21-15/h3-4,9,12-13,17H,2,5-8,10-11H2,1H3. The van der Waals surface area contributed by atoms with E-state index in [9.17, 15) is 0 Å². The molecule has 0 amide bonds. The van der Waals surface area contributed by atoms with Crippen LogP contribution in [0.3, 0.4) is 0 Å². The molecule has 4 nitrogen and oxygen atoms in total. The molecule has 0 spiro atoms. The molecule has 0 bridgehead atoms. The van der Waals surface area contributed by atoms with Gasteiger partial charge in [-0.3, -0.25) is 4.90 Å². The number of hydrogen-bond acceptors (Lipinski definition) is 5. The van der Waals surface area contributed by atoms with Crippen LogP contribution in [0.5, 0.6) is 0 Å². The second-order valence-electron chi connectivity index (χ2n) is 5.64. The number of aromatic nitrogens is 1. The van der Waals surface area contributed by atoms with Crippen molar-refractivity contribution in [2.24, 2.45) is 5.92 Å². The normalized spacial score (nSPS) is 16.7. The van der Waals surface area contributed by atoms with Crippen LogP contribution in [-0.2, 0) is 6.54 Å². The first-order chi connectivity index (χ1) is 10.3.